The molecule has 0 fully saturated rings. The molecule has 0 spiro atoms. The molecule has 1 aliphatic rings. The van der Waals surface area contributed by atoms with Gasteiger partial charge in [-0.1, -0.05) is 0 Å². The first kappa shape index (κ1) is 17.3. The molecule has 0 aliphatic carbocycles. The van der Waals surface area contributed by atoms with Crippen molar-refractivity contribution in [3.63, 3.8) is 0 Å². The van der Waals surface area contributed by atoms with Crippen molar-refractivity contribution < 1.29 is 9.53 Å². The van der Waals surface area contributed by atoms with E-state index in [-0.39, 0.29) is 6.09 Å². The molecule has 0 bridgehead atoms. The van der Waals surface area contributed by atoms with Crippen LogP contribution in [0.3, 0.4) is 0 Å². The molecule has 2 heterocycles. The Labute approximate surface area is 137 Å². The maximum absolute atomic E-state index is 12.1. The summed E-state index contributed by atoms with van der Waals surface area (Å²) in [6, 6.07) is 0. The Morgan fingerprint density at radius 2 is 2.26 bits per heavy atom. The molecular weight excluding hydrogens is 294 g/mol. The van der Waals surface area contributed by atoms with Crippen molar-refractivity contribution in [3.8, 4) is 0 Å². The van der Waals surface area contributed by atoms with E-state index in [4.69, 9.17) is 4.74 Å². The molecular formula is C16H27N5O2. The smallest absolute Gasteiger partial charge is 0.410 e. The number of aryl methyl sites for hydroxylation is 2. The third kappa shape index (κ3) is 5.58. The number of carbonyl (C=O) groups is 1. The van der Waals surface area contributed by atoms with Gasteiger partial charge in [0.05, 0.1) is 19.3 Å². The van der Waals surface area contributed by atoms with Crippen LogP contribution in [0.25, 0.3) is 0 Å². The molecule has 2 rings (SSSR count). The molecule has 0 saturated carbocycles. The van der Waals surface area contributed by atoms with E-state index in [0.29, 0.717) is 19.6 Å². The van der Waals surface area contributed by atoms with Crippen LogP contribution in [0, 0.1) is 6.92 Å². The van der Waals surface area contributed by atoms with Crippen LogP contribution in [0.4, 0.5) is 4.79 Å². The normalized spacial score (nSPS) is 15.3. The maximum Gasteiger partial charge on any atom is 0.410 e. The van der Waals surface area contributed by atoms with Gasteiger partial charge in [-0.05, 0) is 46.1 Å². The fourth-order valence-electron chi connectivity index (χ4n) is 2.35. The Balaban J connectivity index is 1.73. The summed E-state index contributed by atoms with van der Waals surface area (Å²) in [4.78, 5) is 18.2. The van der Waals surface area contributed by atoms with Crippen LogP contribution < -0.4 is 5.32 Å². The van der Waals surface area contributed by atoms with Gasteiger partial charge in [0.1, 0.15) is 11.4 Å². The number of ether oxygens (including phenoxy) is 1. The predicted molar refractivity (Wildman–Crippen MR) is 89.8 cm³/mol. The molecule has 0 saturated heterocycles. The zero-order valence-electron chi connectivity index (χ0n) is 14.5. The fourth-order valence-corrected chi connectivity index (χ4v) is 2.35. The lowest BCUT2D eigenvalue weighted by Crippen LogP contribution is -2.47. The molecule has 0 atom stereocenters. The first-order valence-electron chi connectivity index (χ1n) is 8.09. The molecule has 2 N–H and O–H groups in total. The fraction of sp³-hybridized carbons (Fsp3) is 0.688. The average molecular weight is 321 g/mol. The topological polar surface area (TPSA) is 82.6 Å². The number of amides is 1. The zero-order valence-corrected chi connectivity index (χ0v) is 14.5. The van der Waals surface area contributed by atoms with Gasteiger partial charge in [0.2, 0.25) is 0 Å². The number of nitrogens with zero attached hydrogens (tertiary/aromatic N) is 3. The molecule has 7 nitrogen and oxygen atoms in total. The van der Waals surface area contributed by atoms with Gasteiger partial charge in [0.25, 0.3) is 0 Å². The zero-order chi connectivity index (χ0) is 16.9. The summed E-state index contributed by atoms with van der Waals surface area (Å²) in [7, 11) is 0. The first-order valence-corrected chi connectivity index (χ1v) is 8.09. The number of aliphatic imine (C=N–C) groups is 1. The standard InChI is InChI=1S/C16H27N5O2/c1-12-13(10-19-20-12)6-5-7-17-14-11-21(9-8-18-14)15(22)23-16(2,3)4/h10H,5-9,11H2,1-4H3,(H,17,18)(H,19,20). The van der Waals surface area contributed by atoms with E-state index in [1.165, 1.54) is 5.56 Å². The summed E-state index contributed by atoms with van der Waals surface area (Å²) >= 11 is 0. The summed E-state index contributed by atoms with van der Waals surface area (Å²) in [5.74, 6) is 0.853. The first-order chi connectivity index (χ1) is 10.8. The summed E-state index contributed by atoms with van der Waals surface area (Å²) in [5.41, 5.74) is 1.89. The van der Waals surface area contributed by atoms with Gasteiger partial charge in [0.15, 0.2) is 0 Å². The van der Waals surface area contributed by atoms with E-state index < -0.39 is 5.60 Å². The molecule has 128 valence electrons. The number of amidine groups is 1. The summed E-state index contributed by atoms with van der Waals surface area (Å²) in [5, 5.41) is 10.3. The number of nitrogens with one attached hydrogen (secondary N) is 2. The molecule has 0 unspecified atom stereocenters. The van der Waals surface area contributed by atoms with Gasteiger partial charge < -0.3 is 10.1 Å². The number of carbonyl (C=O) groups excluding carboxylic acids is 1. The highest BCUT2D eigenvalue weighted by Gasteiger charge is 2.24. The maximum atomic E-state index is 12.1. The van der Waals surface area contributed by atoms with E-state index in [9.17, 15) is 4.79 Å². The van der Waals surface area contributed by atoms with Crippen molar-refractivity contribution >= 4 is 11.9 Å². The largest absolute Gasteiger partial charge is 0.444 e. The second-order valence-corrected chi connectivity index (χ2v) is 6.78. The Morgan fingerprint density at radius 3 is 2.91 bits per heavy atom. The molecule has 1 aromatic rings. The molecule has 1 aliphatic heterocycles. The van der Waals surface area contributed by atoms with E-state index in [1.807, 2.05) is 33.9 Å². The molecule has 0 aromatic carbocycles. The van der Waals surface area contributed by atoms with Crippen LogP contribution in [-0.2, 0) is 11.2 Å². The molecule has 0 radical (unpaired) electrons. The number of hydrogen-bond acceptors (Lipinski definition) is 5. The molecule has 23 heavy (non-hydrogen) atoms. The number of hydrogen-bond donors (Lipinski definition) is 2. The van der Waals surface area contributed by atoms with Crippen LogP contribution in [0.2, 0.25) is 0 Å². The van der Waals surface area contributed by atoms with Crippen molar-refractivity contribution in [3.05, 3.63) is 17.5 Å². The van der Waals surface area contributed by atoms with Crippen molar-refractivity contribution in [2.75, 3.05) is 26.2 Å². The van der Waals surface area contributed by atoms with Gasteiger partial charge in [0, 0.05) is 18.8 Å². The van der Waals surface area contributed by atoms with Gasteiger partial charge in [-0.2, -0.15) is 5.10 Å². The van der Waals surface area contributed by atoms with E-state index >= 15 is 0 Å². The van der Waals surface area contributed by atoms with Crippen molar-refractivity contribution in [2.24, 2.45) is 4.99 Å². The molecule has 1 aromatic heterocycles. The van der Waals surface area contributed by atoms with Crippen LogP contribution >= 0.6 is 0 Å². The highest BCUT2D eigenvalue weighted by Crippen LogP contribution is 2.11. The van der Waals surface area contributed by atoms with Crippen LogP contribution in [0.5, 0.6) is 0 Å². The minimum Gasteiger partial charge on any atom is -0.444 e. The summed E-state index contributed by atoms with van der Waals surface area (Å²) in [6.07, 6.45) is 3.56. The monoisotopic (exact) mass is 321 g/mol. The van der Waals surface area contributed by atoms with E-state index in [2.05, 4.69) is 20.5 Å². The quantitative estimate of drug-likeness (QED) is 0.830. The third-order valence-corrected chi connectivity index (χ3v) is 3.55. The van der Waals surface area contributed by atoms with Crippen molar-refractivity contribution in [2.45, 2.75) is 46.1 Å². The van der Waals surface area contributed by atoms with Gasteiger partial charge >= 0.3 is 6.09 Å². The van der Waals surface area contributed by atoms with Crippen molar-refractivity contribution in [1.82, 2.24) is 20.4 Å². The molecule has 7 heteroatoms. The third-order valence-electron chi connectivity index (χ3n) is 3.55. The number of aromatic amines is 1. The second-order valence-electron chi connectivity index (χ2n) is 6.78. The Hall–Kier alpha value is -2.05. The Kier molecular flexibility index (Phi) is 5.63. The number of H-pyrrole nitrogens is 1. The number of aromatic nitrogens is 2. The Bertz CT molecular complexity index is 559. The lowest BCUT2D eigenvalue weighted by molar-refractivity contribution is 0.0276. The van der Waals surface area contributed by atoms with Crippen LogP contribution in [0.1, 0.15) is 38.4 Å². The van der Waals surface area contributed by atoms with Gasteiger partial charge in [-0.3, -0.25) is 15.0 Å². The van der Waals surface area contributed by atoms with E-state index in [0.717, 1.165) is 30.9 Å². The lowest BCUT2D eigenvalue weighted by atomic mass is 10.1. The SMILES string of the molecule is Cc1[nH]ncc1CCCNC1=NCCN(C(=O)OC(C)(C)C)C1. The van der Waals surface area contributed by atoms with Gasteiger partial charge in [-0.25, -0.2) is 4.79 Å². The lowest BCUT2D eigenvalue weighted by Gasteiger charge is -2.29. The Morgan fingerprint density at radius 1 is 1.48 bits per heavy atom. The highest BCUT2D eigenvalue weighted by molar-refractivity contribution is 5.87. The minimum absolute atomic E-state index is 0.277. The average Bonchev–Trinajstić information content (AvgIpc) is 2.88. The van der Waals surface area contributed by atoms with Crippen molar-refractivity contribution in [1.29, 1.82) is 0 Å². The highest BCUT2D eigenvalue weighted by atomic mass is 16.6. The molecule has 1 amide bonds. The predicted octanol–water partition coefficient (Wildman–Crippen LogP) is 1.89. The summed E-state index contributed by atoms with van der Waals surface area (Å²) < 4.78 is 5.41. The summed E-state index contributed by atoms with van der Waals surface area (Å²) in [6.45, 7) is 10.2. The van der Waals surface area contributed by atoms with Crippen LogP contribution in [0.15, 0.2) is 11.2 Å². The van der Waals surface area contributed by atoms with E-state index in [1.54, 1.807) is 4.90 Å². The van der Waals surface area contributed by atoms with Gasteiger partial charge in [-0.15, -0.1) is 0 Å². The second kappa shape index (κ2) is 7.48. The minimum atomic E-state index is -0.471. The number of rotatable bonds is 4. The van der Waals surface area contributed by atoms with Crippen LogP contribution in [-0.4, -0.2) is 58.8 Å².